The van der Waals surface area contributed by atoms with Crippen molar-refractivity contribution in [2.45, 2.75) is 6.92 Å². The Labute approximate surface area is 107 Å². The Balaban J connectivity index is 2.33. The fraction of sp³-hybridized carbons (Fsp3) is 0.462. The lowest BCUT2D eigenvalue weighted by Crippen LogP contribution is -2.34. The Bertz CT molecular complexity index is 365. The average molecular weight is 252 g/mol. The molecule has 2 N–H and O–H groups in total. The number of benzene rings is 1. The molecule has 0 bridgehead atoms. The SMILES string of the molecule is Cc1ccc(NC(=O)N(C)CCOCCO)cc1. The van der Waals surface area contributed by atoms with Gasteiger partial charge in [-0.25, -0.2) is 4.79 Å². The van der Waals surface area contributed by atoms with E-state index in [0.717, 1.165) is 11.3 Å². The fourth-order valence-electron chi connectivity index (χ4n) is 1.33. The molecular weight excluding hydrogens is 232 g/mol. The first-order valence-electron chi connectivity index (χ1n) is 5.91. The number of hydrogen-bond donors (Lipinski definition) is 2. The van der Waals surface area contributed by atoms with Crippen molar-refractivity contribution in [2.24, 2.45) is 0 Å². The van der Waals surface area contributed by atoms with Gasteiger partial charge in [-0.1, -0.05) is 17.7 Å². The molecule has 0 aliphatic heterocycles. The molecule has 1 aromatic rings. The molecule has 1 rings (SSSR count). The van der Waals surface area contributed by atoms with E-state index in [1.54, 1.807) is 7.05 Å². The summed E-state index contributed by atoms with van der Waals surface area (Å²) < 4.78 is 5.10. The van der Waals surface area contributed by atoms with Crippen LogP contribution in [0.25, 0.3) is 0 Å². The number of carbonyl (C=O) groups excluding carboxylic acids is 1. The van der Waals surface area contributed by atoms with E-state index in [1.165, 1.54) is 4.90 Å². The molecule has 0 heterocycles. The highest BCUT2D eigenvalue weighted by molar-refractivity contribution is 5.89. The van der Waals surface area contributed by atoms with Crippen LogP contribution in [0.1, 0.15) is 5.56 Å². The Morgan fingerprint density at radius 2 is 2.00 bits per heavy atom. The van der Waals surface area contributed by atoms with Gasteiger partial charge in [-0.3, -0.25) is 0 Å². The topological polar surface area (TPSA) is 61.8 Å². The van der Waals surface area contributed by atoms with E-state index in [1.807, 2.05) is 31.2 Å². The molecule has 0 saturated carbocycles. The second kappa shape index (κ2) is 7.68. The summed E-state index contributed by atoms with van der Waals surface area (Å²) in [5.41, 5.74) is 1.92. The van der Waals surface area contributed by atoms with Gasteiger partial charge in [-0.15, -0.1) is 0 Å². The quantitative estimate of drug-likeness (QED) is 0.754. The predicted molar refractivity (Wildman–Crippen MR) is 70.7 cm³/mol. The molecule has 100 valence electrons. The average Bonchev–Trinajstić information content (AvgIpc) is 2.37. The first-order valence-corrected chi connectivity index (χ1v) is 5.91. The number of nitrogens with one attached hydrogen (secondary N) is 1. The van der Waals surface area contributed by atoms with Crippen LogP contribution in [0.3, 0.4) is 0 Å². The van der Waals surface area contributed by atoms with Gasteiger partial charge in [0.15, 0.2) is 0 Å². The smallest absolute Gasteiger partial charge is 0.321 e. The molecule has 0 saturated heterocycles. The van der Waals surface area contributed by atoms with Gasteiger partial charge in [0, 0.05) is 19.3 Å². The van der Waals surface area contributed by atoms with Crippen LogP contribution in [0.5, 0.6) is 0 Å². The number of anilines is 1. The summed E-state index contributed by atoms with van der Waals surface area (Å²) in [6.45, 7) is 3.19. The summed E-state index contributed by atoms with van der Waals surface area (Å²) in [6.07, 6.45) is 0. The zero-order chi connectivity index (χ0) is 13.4. The van der Waals surface area contributed by atoms with Crippen molar-refractivity contribution < 1.29 is 14.6 Å². The third kappa shape index (κ3) is 5.16. The van der Waals surface area contributed by atoms with Gasteiger partial charge in [-0.05, 0) is 19.1 Å². The zero-order valence-electron chi connectivity index (χ0n) is 10.8. The standard InChI is InChI=1S/C13H20N2O3/c1-11-3-5-12(6-4-11)14-13(17)15(2)7-9-18-10-8-16/h3-6,16H,7-10H2,1-2H3,(H,14,17). The molecular formula is C13H20N2O3. The summed E-state index contributed by atoms with van der Waals surface area (Å²) in [6, 6.07) is 7.44. The van der Waals surface area contributed by atoms with E-state index in [0.29, 0.717) is 19.8 Å². The van der Waals surface area contributed by atoms with Gasteiger partial charge in [0.1, 0.15) is 0 Å². The van der Waals surface area contributed by atoms with E-state index in [9.17, 15) is 4.79 Å². The minimum atomic E-state index is -0.175. The number of urea groups is 1. The third-order valence-electron chi connectivity index (χ3n) is 2.46. The van der Waals surface area contributed by atoms with Crippen LogP contribution in [0.15, 0.2) is 24.3 Å². The highest BCUT2D eigenvalue weighted by atomic mass is 16.5. The summed E-state index contributed by atoms with van der Waals surface area (Å²) in [7, 11) is 1.70. The van der Waals surface area contributed by atoms with Gasteiger partial charge >= 0.3 is 6.03 Å². The molecule has 2 amide bonds. The molecule has 0 aliphatic rings. The van der Waals surface area contributed by atoms with Crippen LogP contribution >= 0.6 is 0 Å². The highest BCUT2D eigenvalue weighted by Gasteiger charge is 2.07. The van der Waals surface area contributed by atoms with Crippen LogP contribution < -0.4 is 5.32 Å². The van der Waals surface area contributed by atoms with Crippen molar-refractivity contribution in [2.75, 3.05) is 38.7 Å². The van der Waals surface area contributed by atoms with Crippen LogP contribution in [0.2, 0.25) is 0 Å². The number of nitrogens with zero attached hydrogens (tertiary/aromatic N) is 1. The van der Waals surface area contributed by atoms with Crippen LogP contribution in [0, 0.1) is 6.92 Å². The fourth-order valence-corrected chi connectivity index (χ4v) is 1.33. The van der Waals surface area contributed by atoms with Gasteiger partial charge in [0.2, 0.25) is 0 Å². The number of rotatable bonds is 6. The lowest BCUT2D eigenvalue weighted by atomic mass is 10.2. The second-order valence-electron chi connectivity index (χ2n) is 4.05. The third-order valence-corrected chi connectivity index (χ3v) is 2.46. The minimum Gasteiger partial charge on any atom is -0.394 e. The molecule has 0 spiro atoms. The van der Waals surface area contributed by atoms with Gasteiger partial charge < -0.3 is 20.1 Å². The maximum Gasteiger partial charge on any atom is 0.321 e. The van der Waals surface area contributed by atoms with Crippen molar-refractivity contribution >= 4 is 11.7 Å². The zero-order valence-corrected chi connectivity index (χ0v) is 10.8. The number of hydrogen-bond acceptors (Lipinski definition) is 3. The van der Waals surface area contributed by atoms with Gasteiger partial charge in [0.05, 0.1) is 19.8 Å². The number of carbonyl (C=O) groups is 1. The Morgan fingerprint density at radius 3 is 2.61 bits per heavy atom. The van der Waals surface area contributed by atoms with Gasteiger partial charge in [-0.2, -0.15) is 0 Å². The largest absolute Gasteiger partial charge is 0.394 e. The van der Waals surface area contributed by atoms with Crippen molar-refractivity contribution in [3.05, 3.63) is 29.8 Å². The maximum absolute atomic E-state index is 11.8. The number of aliphatic hydroxyl groups is 1. The molecule has 5 heteroatoms. The lowest BCUT2D eigenvalue weighted by molar-refractivity contribution is 0.0833. The van der Waals surface area contributed by atoms with E-state index in [4.69, 9.17) is 9.84 Å². The van der Waals surface area contributed by atoms with Crippen LogP contribution in [0.4, 0.5) is 10.5 Å². The van der Waals surface area contributed by atoms with E-state index in [2.05, 4.69) is 5.32 Å². The molecule has 0 atom stereocenters. The molecule has 18 heavy (non-hydrogen) atoms. The number of aliphatic hydroxyl groups excluding tert-OH is 1. The Morgan fingerprint density at radius 1 is 1.33 bits per heavy atom. The highest BCUT2D eigenvalue weighted by Crippen LogP contribution is 2.09. The van der Waals surface area contributed by atoms with E-state index < -0.39 is 0 Å². The lowest BCUT2D eigenvalue weighted by Gasteiger charge is -2.17. The number of likely N-dealkylation sites (N-methyl/N-ethyl adjacent to an activating group) is 1. The Kier molecular flexibility index (Phi) is 6.18. The first kappa shape index (κ1) is 14.5. The molecule has 0 unspecified atom stereocenters. The summed E-state index contributed by atoms with van der Waals surface area (Å²) >= 11 is 0. The molecule has 0 aromatic heterocycles. The molecule has 1 aromatic carbocycles. The summed E-state index contributed by atoms with van der Waals surface area (Å²) in [5, 5.41) is 11.3. The van der Waals surface area contributed by atoms with Gasteiger partial charge in [0.25, 0.3) is 0 Å². The minimum absolute atomic E-state index is 0.000717. The summed E-state index contributed by atoms with van der Waals surface area (Å²) in [4.78, 5) is 13.3. The number of aryl methyl sites for hydroxylation is 1. The molecule has 0 aliphatic carbocycles. The molecule has 0 fully saturated rings. The Hall–Kier alpha value is -1.59. The number of amides is 2. The van der Waals surface area contributed by atoms with Crippen molar-refractivity contribution in [1.29, 1.82) is 0 Å². The monoisotopic (exact) mass is 252 g/mol. The summed E-state index contributed by atoms with van der Waals surface area (Å²) in [5.74, 6) is 0. The molecule has 5 nitrogen and oxygen atoms in total. The normalized spacial score (nSPS) is 10.2. The predicted octanol–water partition coefficient (Wildman–Crippen LogP) is 1.47. The first-order chi connectivity index (χ1) is 8.63. The van der Waals surface area contributed by atoms with Crippen molar-refractivity contribution in [3.63, 3.8) is 0 Å². The van der Waals surface area contributed by atoms with Crippen LogP contribution in [-0.4, -0.2) is 49.5 Å². The van der Waals surface area contributed by atoms with E-state index >= 15 is 0 Å². The van der Waals surface area contributed by atoms with E-state index in [-0.39, 0.29) is 12.6 Å². The van der Waals surface area contributed by atoms with Crippen molar-refractivity contribution in [3.8, 4) is 0 Å². The number of ether oxygens (including phenoxy) is 1. The van der Waals surface area contributed by atoms with Crippen molar-refractivity contribution in [1.82, 2.24) is 4.90 Å². The second-order valence-corrected chi connectivity index (χ2v) is 4.05. The molecule has 0 radical (unpaired) electrons. The van der Waals surface area contributed by atoms with Crippen LogP contribution in [-0.2, 0) is 4.74 Å². The maximum atomic E-state index is 11.8.